The van der Waals surface area contributed by atoms with Gasteiger partial charge in [-0.15, -0.1) is 0 Å². The number of allylic oxidation sites excluding steroid dienone is 1. The van der Waals surface area contributed by atoms with Crippen molar-refractivity contribution in [2.45, 2.75) is 24.9 Å². The van der Waals surface area contributed by atoms with Crippen molar-refractivity contribution < 1.29 is 20.0 Å². The van der Waals surface area contributed by atoms with Crippen LogP contribution < -0.4 is 10.3 Å². The van der Waals surface area contributed by atoms with Gasteiger partial charge in [0.2, 0.25) is 11.4 Å². The Bertz CT molecular complexity index is 1370. The second kappa shape index (κ2) is 7.92. The van der Waals surface area contributed by atoms with Gasteiger partial charge in [0.05, 0.1) is 12.0 Å². The lowest BCUT2D eigenvalue weighted by atomic mass is 9.89. The maximum Gasteiger partial charge on any atom is 0.252 e. The number of phenols is 2. The molecule has 6 heteroatoms. The molecule has 6 rings (SSSR count). The molecule has 3 aliphatic rings. The van der Waals surface area contributed by atoms with Gasteiger partial charge in [-0.2, -0.15) is 0 Å². The molecule has 168 valence electrons. The van der Waals surface area contributed by atoms with Gasteiger partial charge >= 0.3 is 0 Å². The molecule has 1 aliphatic carbocycles. The van der Waals surface area contributed by atoms with Crippen molar-refractivity contribution >= 4 is 17.7 Å². The van der Waals surface area contributed by atoms with E-state index in [1.165, 1.54) is 0 Å². The molecule has 0 radical (unpaired) electrons. The highest BCUT2D eigenvalue weighted by molar-refractivity contribution is 6.10. The summed E-state index contributed by atoms with van der Waals surface area (Å²) in [5.74, 6) is 1.25. The molecule has 3 aromatic carbocycles. The summed E-state index contributed by atoms with van der Waals surface area (Å²) in [6.07, 6.45) is 5.14. The van der Waals surface area contributed by atoms with E-state index in [4.69, 9.17) is 0 Å². The third-order valence-corrected chi connectivity index (χ3v) is 6.62. The molecule has 6 nitrogen and oxygen atoms in total. The van der Waals surface area contributed by atoms with Crippen LogP contribution in [0.5, 0.6) is 11.5 Å². The first kappa shape index (κ1) is 20.3. The van der Waals surface area contributed by atoms with E-state index in [1.807, 2.05) is 53.5 Å². The van der Waals surface area contributed by atoms with E-state index < -0.39 is 6.04 Å². The smallest absolute Gasteiger partial charge is 0.252 e. The molecule has 0 saturated carbocycles. The predicted molar refractivity (Wildman–Crippen MR) is 129 cm³/mol. The Morgan fingerprint density at radius 3 is 2.47 bits per heavy atom. The minimum absolute atomic E-state index is 0.0181. The summed E-state index contributed by atoms with van der Waals surface area (Å²) in [5.41, 5.74) is 5.89. The van der Waals surface area contributed by atoms with Crippen molar-refractivity contribution in [1.82, 2.24) is 10.2 Å². The van der Waals surface area contributed by atoms with E-state index >= 15 is 0 Å². The number of benzene rings is 3. The molecule has 0 bridgehead atoms. The first-order chi connectivity index (χ1) is 16.6. The highest BCUT2D eigenvalue weighted by Gasteiger charge is 2.48. The van der Waals surface area contributed by atoms with E-state index in [2.05, 4.69) is 22.4 Å². The van der Waals surface area contributed by atoms with E-state index in [0.29, 0.717) is 12.8 Å². The van der Waals surface area contributed by atoms with Crippen LogP contribution in [0.25, 0.3) is 6.08 Å². The molecule has 4 N–H and O–H groups in total. The topological polar surface area (TPSA) is 86.8 Å². The summed E-state index contributed by atoms with van der Waals surface area (Å²) in [7, 11) is 0. The Kier molecular flexibility index (Phi) is 4.73. The Morgan fingerprint density at radius 1 is 0.912 bits per heavy atom. The molecule has 1 amide bonds. The normalized spacial score (nSPS) is 20.4. The van der Waals surface area contributed by atoms with Crippen LogP contribution >= 0.6 is 0 Å². The summed E-state index contributed by atoms with van der Waals surface area (Å²) < 4.78 is 0. The van der Waals surface area contributed by atoms with Crippen molar-refractivity contribution in [3.63, 3.8) is 0 Å². The molecule has 2 atom stereocenters. The Morgan fingerprint density at radius 2 is 1.68 bits per heavy atom. The third-order valence-electron chi connectivity index (χ3n) is 6.62. The fraction of sp³-hybridized carbons (Fsp3) is 0.143. The van der Waals surface area contributed by atoms with Gasteiger partial charge in [-0.3, -0.25) is 9.69 Å². The van der Waals surface area contributed by atoms with Crippen LogP contribution in [0.3, 0.4) is 0 Å². The van der Waals surface area contributed by atoms with Gasteiger partial charge in [-0.05, 0) is 47.0 Å². The second-order valence-corrected chi connectivity index (χ2v) is 8.88. The van der Waals surface area contributed by atoms with Gasteiger partial charge in [0.1, 0.15) is 23.6 Å². The minimum atomic E-state index is -0.402. The van der Waals surface area contributed by atoms with Crippen LogP contribution in [-0.4, -0.2) is 38.8 Å². The first-order valence-electron chi connectivity index (χ1n) is 11.4. The number of carbonyl (C=O) groups excluding carboxylic acids is 1. The van der Waals surface area contributed by atoms with E-state index in [0.717, 1.165) is 39.5 Å². The minimum Gasteiger partial charge on any atom is -0.508 e. The quantitative estimate of drug-likeness (QED) is 0.489. The fourth-order valence-corrected chi connectivity index (χ4v) is 4.98. The number of carbonyl (C=O) groups is 1. The SMILES string of the molecule is O=C1C(Cc2ccc(O)cc2)NC2=C(Cc3ccccc3)[NH+]=C3c4ccc(O)cc4C=CC3N12. The summed E-state index contributed by atoms with van der Waals surface area (Å²) in [4.78, 5) is 19.2. The number of amides is 1. The zero-order chi connectivity index (χ0) is 23.2. The van der Waals surface area contributed by atoms with E-state index in [1.54, 1.807) is 24.3 Å². The van der Waals surface area contributed by atoms with Crippen LogP contribution in [0.15, 0.2) is 90.4 Å². The largest absolute Gasteiger partial charge is 0.508 e. The van der Waals surface area contributed by atoms with Crippen molar-refractivity contribution in [3.8, 4) is 11.5 Å². The molecule has 0 aromatic heterocycles. The molecule has 34 heavy (non-hydrogen) atoms. The molecule has 2 unspecified atom stereocenters. The van der Waals surface area contributed by atoms with Crippen LogP contribution in [0.2, 0.25) is 0 Å². The lowest BCUT2D eigenvalue weighted by Crippen LogP contribution is -2.79. The van der Waals surface area contributed by atoms with Crippen LogP contribution in [0, 0.1) is 0 Å². The molecule has 1 saturated heterocycles. The third kappa shape index (κ3) is 3.44. The van der Waals surface area contributed by atoms with Gasteiger partial charge < -0.3 is 15.5 Å². The van der Waals surface area contributed by atoms with Crippen LogP contribution in [0.1, 0.15) is 22.3 Å². The standard InChI is InChI=1S/C28H23N3O3/c32-20-9-6-18(7-10-20)15-24-28(34)31-25-13-8-19-16-21(33)11-12-22(19)26(25)29-23(27(31)30-24)14-17-4-2-1-3-5-17/h1-13,16,24-25,30,32-33H,14-15H2/p+1. The lowest BCUT2D eigenvalue weighted by Gasteiger charge is -2.30. The average molecular weight is 451 g/mol. The Balaban J connectivity index is 1.41. The number of nitrogens with one attached hydrogen (secondary N) is 2. The van der Waals surface area contributed by atoms with Crippen molar-refractivity contribution in [1.29, 1.82) is 0 Å². The highest BCUT2D eigenvalue weighted by atomic mass is 16.3. The maximum absolute atomic E-state index is 13.7. The van der Waals surface area contributed by atoms with Gasteiger partial charge in [-0.1, -0.05) is 54.6 Å². The highest BCUT2D eigenvalue weighted by Crippen LogP contribution is 2.31. The fourth-order valence-electron chi connectivity index (χ4n) is 4.98. The van der Waals surface area contributed by atoms with Crippen molar-refractivity contribution in [2.24, 2.45) is 0 Å². The molecule has 2 heterocycles. The first-order valence-corrected chi connectivity index (χ1v) is 11.4. The summed E-state index contributed by atoms with van der Waals surface area (Å²) in [6.45, 7) is 0. The van der Waals surface area contributed by atoms with E-state index in [-0.39, 0.29) is 23.4 Å². The van der Waals surface area contributed by atoms with E-state index in [9.17, 15) is 15.0 Å². The molecule has 2 aliphatic heterocycles. The number of nitrogens with zero attached hydrogens (tertiary/aromatic N) is 1. The zero-order valence-corrected chi connectivity index (χ0v) is 18.4. The Hall–Kier alpha value is -4.32. The van der Waals surface area contributed by atoms with Crippen LogP contribution in [-0.2, 0) is 17.6 Å². The number of hydrogen-bond donors (Lipinski definition) is 4. The zero-order valence-electron chi connectivity index (χ0n) is 18.4. The lowest BCUT2D eigenvalue weighted by molar-refractivity contribution is -0.408. The number of hydrogen-bond acceptors (Lipinski definition) is 4. The monoisotopic (exact) mass is 450 g/mol. The summed E-state index contributed by atoms with van der Waals surface area (Å²) in [6, 6.07) is 21.8. The molecule has 3 aromatic rings. The maximum atomic E-state index is 13.7. The number of fused-ring (bicyclic) bond motifs is 5. The number of aromatic hydroxyl groups is 2. The van der Waals surface area contributed by atoms with Gasteiger partial charge in [0, 0.05) is 6.42 Å². The van der Waals surface area contributed by atoms with Gasteiger partial charge in [0.25, 0.3) is 5.91 Å². The van der Waals surface area contributed by atoms with Crippen molar-refractivity contribution in [2.75, 3.05) is 0 Å². The van der Waals surface area contributed by atoms with Gasteiger partial charge in [0.15, 0.2) is 5.82 Å². The Labute approximate surface area is 197 Å². The number of phenolic OH excluding ortho intramolecular Hbond substituents is 2. The predicted octanol–water partition coefficient (Wildman–Crippen LogP) is 1.83. The molecular formula is C28H24N3O3+. The second-order valence-electron chi connectivity index (χ2n) is 8.88. The molecular weight excluding hydrogens is 426 g/mol. The van der Waals surface area contributed by atoms with Crippen molar-refractivity contribution in [3.05, 3.63) is 113 Å². The molecule has 1 fully saturated rings. The summed E-state index contributed by atoms with van der Waals surface area (Å²) >= 11 is 0. The summed E-state index contributed by atoms with van der Waals surface area (Å²) in [5, 5.41) is 23.0. The average Bonchev–Trinajstić information content (AvgIpc) is 3.17. The molecule has 0 spiro atoms. The van der Waals surface area contributed by atoms with Crippen LogP contribution in [0.4, 0.5) is 0 Å². The van der Waals surface area contributed by atoms with Gasteiger partial charge in [-0.25, -0.2) is 4.99 Å². The number of rotatable bonds is 4.